The number of aromatic nitrogens is 2. The monoisotopic (exact) mass is 373 g/mol. The maximum atomic E-state index is 12.0. The van der Waals surface area contributed by atoms with Crippen LogP contribution in [0.3, 0.4) is 0 Å². The molecule has 0 unspecified atom stereocenters. The van der Waals surface area contributed by atoms with E-state index in [1.165, 1.54) is 0 Å². The Morgan fingerprint density at radius 2 is 2.12 bits per heavy atom. The van der Waals surface area contributed by atoms with Gasteiger partial charge in [-0.3, -0.25) is 9.79 Å². The fourth-order valence-electron chi connectivity index (χ4n) is 2.39. The molecule has 0 bridgehead atoms. The fraction of sp³-hybridized carbons (Fsp3) is 0.316. The van der Waals surface area contributed by atoms with Gasteiger partial charge in [-0.25, -0.2) is 4.98 Å². The Morgan fingerprint density at radius 1 is 1.38 bits per heavy atom. The Balaban J connectivity index is 2.40. The third-order valence-corrected chi connectivity index (χ3v) is 4.11. The van der Waals surface area contributed by atoms with E-state index >= 15 is 0 Å². The summed E-state index contributed by atoms with van der Waals surface area (Å²) in [5, 5.41) is 4.73. The number of nitrogens with zero attached hydrogens (tertiary/aromatic N) is 4. The van der Waals surface area contributed by atoms with Gasteiger partial charge in [0.05, 0.1) is 16.2 Å². The van der Waals surface area contributed by atoms with Gasteiger partial charge < -0.3 is 14.8 Å². The van der Waals surface area contributed by atoms with Crippen molar-refractivity contribution in [2.24, 2.45) is 4.99 Å². The SMILES string of the molecule is CC=N/C=C(/Cl)C(Nc1nccc2c1ccn2CC(=O)N(C)C)=C(C)C. The molecular weight excluding hydrogens is 350 g/mol. The molecule has 2 aromatic heterocycles. The van der Waals surface area contributed by atoms with Crippen LogP contribution in [0, 0.1) is 0 Å². The number of amides is 1. The highest BCUT2D eigenvalue weighted by molar-refractivity contribution is 6.32. The van der Waals surface area contributed by atoms with E-state index in [2.05, 4.69) is 15.3 Å². The van der Waals surface area contributed by atoms with Crippen LogP contribution in [-0.2, 0) is 11.3 Å². The lowest BCUT2D eigenvalue weighted by Crippen LogP contribution is -2.25. The smallest absolute Gasteiger partial charge is 0.241 e. The van der Waals surface area contributed by atoms with Gasteiger partial charge in [-0.15, -0.1) is 0 Å². The lowest BCUT2D eigenvalue weighted by atomic mass is 10.2. The Labute approximate surface area is 158 Å². The molecule has 0 atom stereocenters. The number of carbonyl (C=O) groups is 1. The number of nitrogens with one attached hydrogen (secondary N) is 1. The normalized spacial score (nSPS) is 11.8. The molecule has 0 spiro atoms. The van der Waals surface area contributed by atoms with Crippen molar-refractivity contribution in [2.45, 2.75) is 27.3 Å². The third kappa shape index (κ3) is 4.52. The lowest BCUT2D eigenvalue weighted by molar-refractivity contribution is -0.129. The predicted octanol–water partition coefficient (Wildman–Crippen LogP) is 4.00. The van der Waals surface area contributed by atoms with E-state index in [0.29, 0.717) is 10.9 Å². The molecule has 0 saturated carbocycles. The number of anilines is 1. The second kappa shape index (κ2) is 8.67. The standard InChI is InChI=1S/C19H24ClN5O/c1-6-21-11-15(20)18(13(2)3)23-19-14-8-10-25(12-17(26)24(4)5)16(14)7-9-22-19/h6-11H,12H2,1-5H3,(H,22,23)/b15-11+,21-6?. The number of carbonyl (C=O) groups excluding carboxylic acids is 1. The Bertz CT molecular complexity index is 888. The first-order chi connectivity index (χ1) is 12.3. The maximum absolute atomic E-state index is 12.0. The number of hydrogen-bond donors (Lipinski definition) is 1. The van der Waals surface area contributed by atoms with E-state index in [9.17, 15) is 4.79 Å². The van der Waals surface area contributed by atoms with Gasteiger partial charge in [0.2, 0.25) is 5.91 Å². The molecule has 0 radical (unpaired) electrons. The highest BCUT2D eigenvalue weighted by Gasteiger charge is 2.13. The van der Waals surface area contributed by atoms with Gasteiger partial charge in [-0.05, 0) is 32.9 Å². The molecule has 0 fully saturated rings. The van der Waals surface area contributed by atoms with E-state index in [0.717, 1.165) is 22.2 Å². The van der Waals surface area contributed by atoms with Crippen LogP contribution in [0.5, 0.6) is 0 Å². The lowest BCUT2D eigenvalue weighted by Gasteiger charge is -2.14. The molecular formula is C19H24ClN5O. The zero-order valence-electron chi connectivity index (χ0n) is 15.7. The van der Waals surface area contributed by atoms with Crippen LogP contribution in [-0.4, -0.2) is 40.7 Å². The van der Waals surface area contributed by atoms with Crippen molar-refractivity contribution < 1.29 is 4.79 Å². The van der Waals surface area contributed by atoms with Gasteiger partial charge in [0, 0.05) is 44.3 Å². The summed E-state index contributed by atoms with van der Waals surface area (Å²) < 4.78 is 1.91. The topological polar surface area (TPSA) is 62.5 Å². The van der Waals surface area contributed by atoms with Crippen LogP contribution >= 0.6 is 11.6 Å². The summed E-state index contributed by atoms with van der Waals surface area (Å²) in [5.41, 5.74) is 2.70. The molecule has 2 aromatic rings. The van der Waals surface area contributed by atoms with Crippen LogP contribution in [0.1, 0.15) is 20.8 Å². The Hall–Kier alpha value is -2.60. The Morgan fingerprint density at radius 3 is 2.73 bits per heavy atom. The first kappa shape index (κ1) is 19.7. The number of likely N-dealkylation sites (N-methyl/N-ethyl adjacent to an activating group) is 1. The second-order valence-corrected chi connectivity index (χ2v) is 6.62. The van der Waals surface area contributed by atoms with Gasteiger partial charge in [0.25, 0.3) is 0 Å². The summed E-state index contributed by atoms with van der Waals surface area (Å²) in [4.78, 5) is 22.1. The van der Waals surface area contributed by atoms with Crippen molar-refractivity contribution in [3.63, 3.8) is 0 Å². The second-order valence-electron chi connectivity index (χ2n) is 6.21. The summed E-state index contributed by atoms with van der Waals surface area (Å²) in [6.45, 7) is 6.04. The first-order valence-corrected chi connectivity index (χ1v) is 8.65. The fourth-order valence-corrected chi connectivity index (χ4v) is 2.69. The Kier molecular flexibility index (Phi) is 6.58. The molecule has 1 amide bonds. The summed E-state index contributed by atoms with van der Waals surface area (Å²) in [7, 11) is 3.49. The molecule has 7 heteroatoms. The molecule has 0 saturated heterocycles. The molecule has 2 heterocycles. The number of pyridine rings is 1. The summed E-state index contributed by atoms with van der Waals surface area (Å²) in [5.74, 6) is 0.712. The number of halogens is 1. The zero-order valence-corrected chi connectivity index (χ0v) is 16.5. The van der Waals surface area contributed by atoms with Crippen LogP contribution in [0.25, 0.3) is 10.9 Å². The van der Waals surface area contributed by atoms with Gasteiger partial charge in [-0.1, -0.05) is 17.2 Å². The minimum Gasteiger partial charge on any atom is -0.347 e. The number of rotatable bonds is 6. The van der Waals surface area contributed by atoms with Gasteiger partial charge in [0.1, 0.15) is 12.4 Å². The summed E-state index contributed by atoms with van der Waals surface area (Å²) in [6, 6.07) is 3.84. The van der Waals surface area contributed by atoms with Crippen LogP contribution in [0.2, 0.25) is 0 Å². The van der Waals surface area contributed by atoms with E-state index in [4.69, 9.17) is 11.6 Å². The van der Waals surface area contributed by atoms with Gasteiger partial charge in [-0.2, -0.15) is 0 Å². The van der Waals surface area contributed by atoms with Crippen molar-refractivity contribution in [1.82, 2.24) is 14.5 Å². The van der Waals surface area contributed by atoms with Crippen molar-refractivity contribution in [3.05, 3.63) is 47.0 Å². The number of fused-ring (bicyclic) bond motifs is 1. The van der Waals surface area contributed by atoms with Crippen LogP contribution in [0.4, 0.5) is 5.82 Å². The summed E-state index contributed by atoms with van der Waals surface area (Å²) in [6.07, 6.45) is 6.87. The molecule has 2 rings (SSSR count). The van der Waals surface area contributed by atoms with Crippen molar-refractivity contribution in [2.75, 3.05) is 19.4 Å². The van der Waals surface area contributed by atoms with Gasteiger partial charge >= 0.3 is 0 Å². The molecule has 0 aliphatic carbocycles. The number of allylic oxidation sites excluding steroid dienone is 2. The van der Waals surface area contributed by atoms with Crippen LogP contribution < -0.4 is 5.32 Å². The molecule has 6 nitrogen and oxygen atoms in total. The largest absolute Gasteiger partial charge is 0.347 e. The maximum Gasteiger partial charge on any atom is 0.241 e. The van der Waals surface area contributed by atoms with Gasteiger partial charge in [0.15, 0.2) is 0 Å². The highest BCUT2D eigenvalue weighted by atomic mass is 35.5. The van der Waals surface area contributed by atoms with E-state index in [1.807, 2.05) is 43.7 Å². The van der Waals surface area contributed by atoms with E-state index in [-0.39, 0.29) is 12.5 Å². The molecule has 0 aliphatic rings. The highest BCUT2D eigenvalue weighted by Crippen LogP contribution is 2.27. The molecule has 138 valence electrons. The predicted molar refractivity (Wildman–Crippen MR) is 109 cm³/mol. The third-order valence-electron chi connectivity index (χ3n) is 3.82. The first-order valence-electron chi connectivity index (χ1n) is 8.27. The summed E-state index contributed by atoms with van der Waals surface area (Å²) >= 11 is 6.37. The molecule has 1 N–H and O–H groups in total. The molecule has 0 aliphatic heterocycles. The zero-order chi connectivity index (χ0) is 19.3. The minimum absolute atomic E-state index is 0.0298. The molecule has 0 aromatic carbocycles. The average Bonchev–Trinajstić information content (AvgIpc) is 3.00. The quantitative estimate of drug-likeness (QED) is 0.614. The average molecular weight is 374 g/mol. The van der Waals surface area contributed by atoms with E-state index in [1.54, 1.807) is 37.6 Å². The molecule has 26 heavy (non-hydrogen) atoms. The number of aliphatic imine (C=N–C) groups is 1. The van der Waals surface area contributed by atoms with Crippen molar-refractivity contribution >= 4 is 40.4 Å². The van der Waals surface area contributed by atoms with E-state index < -0.39 is 0 Å². The minimum atomic E-state index is 0.0298. The van der Waals surface area contributed by atoms with Crippen molar-refractivity contribution in [3.8, 4) is 0 Å². The number of hydrogen-bond acceptors (Lipinski definition) is 4. The van der Waals surface area contributed by atoms with Crippen LogP contribution in [0.15, 0.2) is 52.0 Å². The van der Waals surface area contributed by atoms with Crippen molar-refractivity contribution in [1.29, 1.82) is 0 Å².